The number of ether oxygens (including phenoxy) is 3. The van der Waals surface area contributed by atoms with Crippen LogP contribution in [0.1, 0.15) is 17.3 Å². The minimum absolute atomic E-state index is 0.382. The van der Waals surface area contributed by atoms with E-state index in [2.05, 4.69) is 12.1 Å². The number of hydrogen-bond donors (Lipinski definition) is 0. The smallest absolute Gasteiger partial charge is 0.161 e. The van der Waals surface area contributed by atoms with Crippen LogP contribution in [0.3, 0.4) is 0 Å². The van der Waals surface area contributed by atoms with Gasteiger partial charge in [-0.15, -0.1) is 0 Å². The van der Waals surface area contributed by atoms with Crippen LogP contribution in [-0.4, -0.2) is 26.1 Å². The molecule has 3 rings (SSSR count). The van der Waals surface area contributed by atoms with Crippen molar-refractivity contribution < 1.29 is 19.0 Å². The van der Waals surface area contributed by atoms with Crippen LogP contribution in [0, 0.1) is 0 Å². The van der Waals surface area contributed by atoms with Gasteiger partial charge in [0, 0.05) is 5.56 Å². The topological polar surface area (TPSA) is 44.8 Å². The highest BCUT2D eigenvalue weighted by atomic mass is 16.5. The summed E-state index contributed by atoms with van der Waals surface area (Å²) in [5, 5.41) is 2.33. The maximum atomic E-state index is 10.9. The van der Waals surface area contributed by atoms with Crippen molar-refractivity contribution in [3.63, 3.8) is 0 Å². The van der Waals surface area contributed by atoms with Gasteiger partial charge in [0.05, 0.1) is 6.61 Å². The van der Waals surface area contributed by atoms with E-state index in [0.717, 1.165) is 17.4 Å². The van der Waals surface area contributed by atoms with Crippen LogP contribution in [0.5, 0.6) is 17.2 Å². The predicted octanol–water partition coefficient (Wildman–Crippen LogP) is 4.51. The normalized spacial score (nSPS) is 10.4. The molecule has 0 atom stereocenters. The Morgan fingerprint density at radius 1 is 0.800 bits per heavy atom. The molecule has 0 bridgehead atoms. The van der Waals surface area contributed by atoms with Crippen molar-refractivity contribution >= 4 is 17.1 Å². The SMILES string of the molecule is CCOc1cc(C=O)ccc1OCCOc1ccc2ccccc2c1. The lowest BCUT2D eigenvalue weighted by molar-refractivity contribution is 0.112. The van der Waals surface area contributed by atoms with Gasteiger partial charge >= 0.3 is 0 Å². The fourth-order valence-electron chi connectivity index (χ4n) is 2.55. The van der Waals surface area contributed by atoms with Gasteiger partial charge in [-0.05, 0) is 48.0 Å². The Morgan fingerprint density at radius 2 is 1.60 bits per heavy atom. The molecule has 0 aromatic heterocycles. The molecule has 0 saturated carbocycles. The minimum Gasteiger partial charge on any atom is -0.490 e. The van der Waals surface area contributed by atoms with Crippen LogP contribution in [0.4, 0.5) is 0 Å². The predicted molar refractivity (Wildman–Crippen MR) is 97.9 cm³/mol. The lowest BCUT2D eigenvalue weighted by Gasteiger charge is -2.13. The molecule has 0 aliphatic heterocycles. The van der Waals surface area contributed by atoms with Gasteiger partial charge in [0.15, 0.2) is 11.5 Å². The molecule has 0 aliphatic rings. The third kappa shape index (κ3) is 4.29. The minimum atomic E-state index is 0.382. The zero-order valence-corrected chi connectivity index (χ0v) is 14.1. The molecule has 25 heavy (non-hydrogen) atoms. The average molecular weight is 336 g/mol. The van der Waals surface area contributed by atoms with E-state index in [1.54, 1.807) is 18.2 Å². The number of hydrogen-bond acceptors (Lipinski definition) is 4. The molecular formula is C21H20O4. The second-order valence-corrected chi connectivity index (χ2v) is 5.46. The van der Waals surface area contributed by atoms with Gasteiger partial charge < -0.3 is 14.2 Å². The Hall–Kier alpha value is -3.01. The maximum Gasteiger partial charge on any atom is 0.161 e. The maximum absolute atomic E-state index is 10.9. The van der Waals surface area contributed by atoms with Gasteiger partial charge in [0.2, 0.25) is 0 Å². The lowest BCUT2D eigenvalue weighted by atomic mass is 10.1. The molecule has 4 heteroatoms. The fraction of sp³-hybridized carbons (Fsp3) is 0.190. The quantitative estimate of drug-likeness (QED) is 0.448. The summed E-state index contributed by atoms with van der Waals surface area (Å²) in [6, 6.07) is 19.3. The van der Waals surface area contributed by atoms with E-state index in [1.807, 2.05) is 37.3 Å². The van der Waals surface area contributed by atoms with E-state index >= 15 is 0 Å². The summed E-state index contributed by atoms with van der Waals surface area (Å²) in [6.45, 7) is 3.19. The Balaban J connectivity index is 1.58. The number of carbonyl (C=O) groups excluding carboxylic acids is 1. The molecule has 0 amide bonds. The monoisotopic (exact) mass is 336 g/mol. The van der Waals surface area contributed by atoms with Gasteiger partial charge in [-0.1, -0.05) is 30.3 Å². The lowest BCUT2D eigenvalue weighted by Crippen LogP contribution is -2.10. The van der Waals surface area contributed by atoms with Gasteiger partial charge in [-0.3, -0.25) is 4.79 Å². The van der Waals surface area contributed by atoms with E-state index in [-0.39, 0.29) is 0 Å². The zero-order valence-electron chi connectivity index (χ0n) is 14.1. The van der Waals surface area contributed by atoms with Crippen molar-refractivity contribution in [3.8, 4) is 17.2 Å². The second kappa shape index (κ2) is 8.20. The van der Waals surface area contributed by atoms with Crippen LogP contribution < -0.4 is 14.2 Å². The summed E-state index contributed by atoms with van der Waals surface area (Å²) in [5.41, 5.74) is 0.559. The van der Waals surface area contributed by atoms with Gasteiger partial charge in [0.1, 0.15) is 25.2 Å². The van der Waals surface area contributed by atoms with E-state index in [1.165, 1.54) is 5.39 Å². The van der Waals surface area contributed by atoms with Crippen molar-refractivity contribution in [1.82, 2.24) is 0 Å². The molecule has 0 saturated heterocycles. The van der Waals surface area contributed by atoms with E-state index in [4.69, 9.17) is 14.2 Å². The number of fused-ring (bicyclic) bond motifs is 1. The third-order valence-electron chi connectivity index (χ3n) is 3.73. The Kier molecular flexibility index (Phi) is 5.52. The first kappa shape index (κ1) is 16.8. The summed E-state index contributed by atoms with van der Waals surface area (Å²) in [7, 11) is 0. The number of aldehydes is 1. The molecule has 0 aliphatic carbocycles. The van der Waals surface area contributed by atoms with Crippen molar-refractivity contribution in [1.29, 1.82) is 0 Å². The number of benzene rings is 3. The molecule has 4 nitrogen and oxygen atoms in total. The van der Waals surface area contributed by atoms with Gasteiger partial charge in [0.25, 0.3) is 0 Å². The molecule has 0 spiro atoms. The third-order valence-corrected chi connectivity index (χ3v) is 3.73. The second-order valence-electron chi connectivity index (χ2n) is 5.46. The number of carbonyl (C=O) groups is 1. The number of rotatable bonds is 8. The van der Waals surface area contributed by atoms with Crippen molar-refractivity contribution in [2.45, 2.75) is 6.92 Å². The summed E-state index contributed by atoms with van der Waals surface area (Å²) >= 11 is 0. The molecule has 0 heterocycles. The Bertz CT molecular complexity index is 857. The van der Waals surface area contributed by atoms with E-state index < -0.39 is 0 Å². The van der Waals surface area contributed by atoms with E-state index in [9.17, 15) is 4.79 Å². The summed E-state index contributed by atoms with van der Waals surface area (Å²) < 4.78 is 17.0. The first-order valence-corrected chi connectivity index (χ1v) is 8.26. The fourth-order valence-corrected chi connectivity index (χ4v) is 2.55. The molecular weight excluding hydrogens is 316 g/mol. The molecule has 128 valence electrons. The zero-order chi connectivity index (χ0) is 17.5. The van der Waals surface area contributed by atoms with Crippen LogP contribution in [-0.2, 0) is 0 Å². The molecule has 0 unspecified atom stereocenters. The molecule has 0 fully saturated rings. The first-order chi connectivity index (χ1) is 12.3. The molecule has 0 N–H and O–H groups in total. The summed E-state index contributed by atoms with van der Waals surface area (Å²) in [4.78, 5) is 10.9. The average Bonchev–Trinajstić information content (AvgIpc) is 2.66. The van der Waals surface area contributed by atoms with Crippen LogP contribution in [0.15, 0.2) is 60.7 Å². The van der Waals surface area contributed by atoms with Crippen LogP contribution >= 0.6 is 0 Å². The van der Waals surface area contributed by atoms with Crippen LogP contribution in [0.2, 0.25) is 0 Å². The van der Waals surface area contributed by atoms with Crippen molar-refractivity contribution in [3.05, 3.63) is 66.2 Å². The highest BCUT2D eigenvalue weighted by Crippen LogP contribution is 2.28. The van der Waals surface area contributed by atoms with Crippen LogP contribution in [0.25, 0.3) is 10.8 Å². The largest absolute Gasteiger partial charge is 0.490 e. The highest BCUT2D eigenvalue weighted by molar-refractivity contribution is 5.83. The Morgan fingerprint density at radius 3 is 2.40 bits per heavy atom. The molecule has 3 aromatic rings. The molecule has 0 radical (unpaired) electrons. The standard InChI is InChI=1S/C21H20O4/c1-2-23-21-13-16(15-22)7-10-20(21)25-12-11-24-19-9-8-17-5-3-4-6-18(17)14-19/h3-10,13-15H,2,11-12H2,1H3. The van der Waals surface area contributed by atoms with Crippen molar-refractivity contribution in [2.75, 3.05) is 19.8 Å². The Labute approximate surface area is 146 Å². The summed E-state index contributed by atoms with van der Waals surface area (Å²) in [5.74, 6) is 1.98. The summed E-state index contributed by atoms with van der Waals surface area (Å²) in [6.07, 6.45) is 0.787. The van der Waals surface area contributed by atoms with Gasteiger partial charge in [-0.2, -0.15) is 0 Å². The van der Waals surface area contributed by atoms with E-state index in [0.29, 0.717) is 36.9 Å². The van der Waals surface area contributed by atoms with Gasteiger partial charge in [-0.25, -0.2) is 0 Å². The highest BCUT2D eigenvalue weighted by Gasteiger charge is 2.06. The van der Waals surface area contributed by atoms with Crippen molar-refractivity contribution in [2.24, 2.45) is 0 Å². The first-order valence-electron chi connectivity index (χ1n) is 8.26. The molecule has 3 aromatic carbocycles.